The molecule has 1 amide bonds. The molecule has 152 valence electrons. The summed E-state index contributed by atoms with van der Waals surface area (Å²) in [7, 11) is -1.14. The van der Waals surface area contributed by atoms with Gasteiger partial charge in [-0.05, 0) is 25.8 Å². The van der Waals surface area contributed by atoms with Crippen molar-refractivity contribution in [3.8, 4) is 11.4 Å². The van der Waals surface area contributed by atoms with Crippen molar-refractivity contribution < 1.29 is 13.2 Å². The van der Waals surface area contributed by atoms with Crippen LogP contribution in [0.3, 0.4) is 0 Å². The summed E-state index contributed by atoms with van der Waals surface area (Å²) in [6.07, 6.45) is 1.33. The van der Waals surface area contributed by atoms with Gasteiger partial charge in [0.1, 0.15) is 0 Å². The number of hydrogen-bond acceptors (Lipinski definition) is 6. The lowest BCUT2D eigenvalue weighted by Gasteiger charge is -2.27. The Kier molecular flexibility index (Phi) is 6.44. The number of nitrogens with zero attached hydrogens (tertiary/aromatic N) is 4. The van der Waals surface area contributed by atoms with E-state index < -0.39 is 9.84 Å². The first kappa shape index (κ1) is 20.9. The standard InChI is InChI=1S/C19H26N4O3S2/c1-4-9-23(16-8-10-28(25,26)13-16)17(24)12-27-19-21-20-18(22(19)3)15-7-5-6-14(2)11-15/h5-7,11,16H,4,8-10,12-13H2,1-3H3/t16-/m1/s1. The number of rotatable bonds is 7. The van der Waals surface area contributed by atoms with E-state index in [0.29, 0.717) is 18.1 Å². The van der Waals surface area contributed by atoms with Crippen molar-refractivity contribution in [1.82, 2.24) is 19.7 Å². The van der Waals surface area contributed by atoms with Gasteiger partial charge in [-0.15, -0.1) is 10.2 Å². The minimum absolute atomic E-state index is 0.0472. The number of aromatic nitrogens is 3. The summed E-state index contributed by atoms with van der Waals surface area (Å²) in [6, 6.07) is 7.83. The van der Waals surface area contributed by atoms with Gasteiger partial charge >= 0.3 is 0 Å². The van der Waals surface area contributed by atoms with Crippen LogP contribution in [0.5, 0.6) is 0 Å². The van der Waals surface area contributed by atoms with Crippen LogP contribution in [0.15, 0.2) is 29.4 Å². The molecule has 0 saturated carbocycles. The van der Waals surface area contributed by atoms with E-state index in [-0.39, 0.29) is 29.2 Å². The van der Waals surface area contributed by atoms with E-state index in [1.54, 1.807) is 4.90 Å². The van der Waals surface area contributed by atoms with Gasteiger partial charge in [0.05, 0.1) is 17.3 Å². The van der Waals surface area contributed by atoms with E-state index in [0.717, 1.165) is 23.4 Å². The van der Waals surface area contributed by atoms with Gasteiger partial charge in [0.2, 0.25) is 5.91 Å². The molecule has 1 aromatic carbocycles. The molecule has 0 unspecified atom stereocenters. The second kappa shape index (κ2) is 8.65. The molecule has 0 spiro atoms. The molecular weight excluding hydrogens is 396 g/mol. The minimum atomic E-state index is -3.02. The normalized spacial score (nSPS) is 18.3. The van der Waals surface area contributed by atoms with Crippen LogP contribution in [0.4, 0.5) is 0 Å². The van der Waals surface area contributed by atoms with Crippen LogP contribution in [0, 0.1) is 6.92 Å². The quantitative estimate of drug-likeness (QED) is 0.637. The monoisotopic (exact) mass is 422 g/mol. The third-order valence-corrected chi connectivity index (χ3v) is 7.63. The molecule has 3 rings (SSSR count). The molecule has 28 heavy (non-hydrogen) atoms. The highest BCUT2D eigenvalue weighted by molar-refractivity contribution is 7.99. The maximum Gasteiger partial charge on any atom is 0.233 e. The Morgan fingerprint density at radius 2 is 2.14 bits per heavy atom. The van der Waals surface area contributed by atoms with Gasteiger partial charge in [-0.25, -0.2) is 8.42 Å². The Morgan fingerprint density at radius 3 is 2.79 bits per heavy atom. The average Bonchev–Trinajstić information content (AvgIpc) is 3.19. The molecule has 0 radical (unpaired) electrons. The van der Waals surface area contributed by atoms with Crippen LogP contribution < -0.4 is 0 Å². The van der Waals surface area contributed by atoms with Crippen LogP contribution in [0.2, 0.25) is 0 Å². The molecule has 2 heterocycles. The Hall–Kier alpha value is -1.87. The number of carbonyl (C=O) groups excluding carboxylic acids is 1. The van der Waals surface area contributed by atoms with Gasteiger partial charge in [-0.3, -0.25) is 4.79 Å². The molecule has 0 aliphatic carbocycles. The highest BCUT2D eigenvalue weighted by Crippen LogP contribution is 2.25. The Balaban J connectivity index is 1.68. The smallest absolute Gasteiger partial charge is 0.233 e. The molecule has 0 bridgehead atoms. The van der Waals surface area contributed by atoms with Crippen LogP contribution in [0.1, 0.15) is 25.3 Å². The maximum atomic E-state index is 12.8. The highest BCUT2D eigenvalue weighted by Gasteiger charge is 2.34. The van der Waals surface area contributed by atoms with Crippen LogP contribution in [-0.2, 0) is 21.7 Å². The number of benzene rings is 1. The minimum Gasteiger partial charge on any atom is -0.338 e. The number of amides is 1. The summed E-state index contributed by atoms with van der Waals surface area (Å²) in [6.45, 7) is 4.60. The van der Waals surface area contributed by atoms with Crippen molar-refractivity contribution in [3.63, 3.8) is 0 Å². The van der Waals surface area contributed by atoms with Crippen molar-refractivity contribution >= 4 is 27.5 Å². The fourth-order valence-corrected chi connectivity index (χ4v) is 5.99. The third-order valence-electron chi connectivity index (χ3n) is 4.87. The third kappa shape index (κ3) is 4.75. The van der Waals surface area contributed by atoms with E-state index in [2.05, 4.69) is 10.2 Å². The highest BCUT2D eigenvalue weighted by atomic mass is 32.2. The molecule has 0 N–H and O–H groups in total. The lowest BCUT2D eigenvalue weighted by atomic mass is 10.1. The van der Waals surface area contributed by atoms with Gasteiger partial charge in [-0.1, -0.05) is 42.4 Å². The second-order valence-electron chi connectivity index (χ2n) is 7.17. The molecule has 2 aromatic rings. The first-order valence-corrected chi connectivity index (χ1v) is 12.2. The summed E-state index contributed by atoms with van der Waals surface area (Å²) in [5.74, 6) is 1.17. The van der Waals surface area contributed by atoms with Gasteiger partial charge in [-0.2, -0.15) is 0 Å². The van der Waals surface area contributed by atoms with Gasteiger partial charge < -0.3 is 9.47 Å². The van der Waals surface area contributed by atoms with Crippen LogP contribution in [-0.4, -0.2) is 63.8 Å². The van der Waals surface area contributed by atoms with E-state index in [1.807, 2.05) is 49.7 Å². The summed E-state index contributed by atoms with van der Waals surface area (Å²) in [4.78, 5) is 14.5. The van der Waals surface area contributed by atoms with Crippen molar-refractivity contribution in [1.29, 1.82) is 0 Å². The first-order chi connectivity index (χ1) is 13.3. The zero-order valence-electron chi connectivity index (χ0n) is 16.5. The molecule has 1 aliphatic heterocycles. The van der Waals surface area contributed by atoms with E-state index in [9.17, 15) is 13.2 Å². The van der Waals surface area contributed by atoms with Crippen molar-refractivity contribution in [2.75, 3.05) is 23.8 Å². The van der Waals surface area contributed by atoms with Crippen molar-refractivity contribution in [2.45, 2.75) is 37.9 Å². The van der Waals surface area contributed by atoms with Crippen molar-refractivity contribution in [2.24, 2.45) is 7.05 Å². The lowest BCUT2D eigenvalue weighted by molar-refractivity contribution is -0.130. The Labute approximate surface area is 170 Å². The summed E-state index contributed by atoms with van der Waals surface area (Å²) in [5, 5.41) is 9.17. The molecule has 1 fully saturated rings. The van der Waals surface area contributed by atoms with E-state index in [4.69, 9.17) is 0 Å². The topological polar surface area (TPSA) is 85.2 Å². The summed E-state index contributed by atoms with van der Waals surface area (Å²) >= 11 is 1.34. The number of hydrogen-bond donors (Lipinski definition) is 0. The van der Waals surface area contributed by atoms with Crippen LogP contribution >= 0.6 is 11.8 Å². The molecule has 1 atom stereocenters. The molecular formula is C19H26N4O3S2. The summed E-state index contributed by atoms with van der Waals surface area (Å²) < 4.78 is 25.5. The number of carbonyl (C=O) groups is 1. The Bertz CT molecular complexity index is 956. The molecule has 1 aromatic heterocycles. The largest absolute Gasteiger partial charge is 0.338 e. The number of aryl methyl sites for hydroxylation is 1. The predicted octanol–water partition coefficient (Wildman–Crippen LogP) is 2.31. The molecule has 1 aliphatic rings. The van der Waals surface area contributed by atoms with Crippen LogP contribution in [0.25, 0.3) is 11.4 Å². The SMILES string of the molecule is CCCN(C(=O)CSc1nnc(-c2cccc(C)c2)n1C)[C@@H]1CCS(=O)(=O)C1. The zero-order valence-corrected chi connectivity index (χ0v) is 18.1. The second-order valence-corrected chi connectivity index (χ2v) is 10.3. The van der Waals surface area contributed by atoms with E-state index >= 15 is 0 Å². The number of thioether (sulfide) groups is 1. The zero-order chi connectivity index (χ0) is 20.3. The van der Waals surface area contributed by atoms with E-state index in [1.165, 1.54) is 11.8 Å². The fraction of sp³-hybridized carbons (Fsp3) is 0.526. The molecule has 7 nitrogen and oxygen atoms in total. The predicted molar refractivity (Wildman–Crippen MR) is 111 cm³/mol. The maximum absolute atomic E-state index is 12.8. The van der Waals surface area contributed by atoms with Gasteiger partial charge in [0.15, 0.2) is 20.8 Å². The van der Waals surface area contributed by atoms with Crippen molar-refractivity contribution in [3.05, 3.63) is 29.8 Å². The molecule has 9 heteroatoms. The first-order valence-electron chi connectivity index (χ1n) is 9.40. The lowest BCUT2D eigenvalue weighted by Crippen LogP contribution is -2.42. The summed E-state index contributed by atoms with van der Waals surface area (Å²) in [5.41, 5.74) is 2.13. The average molecular weight is 423 g/mol. The van der Waals surface area contributed by atoms with Gasteiger partial charge in [0.25, 0.3) is 0 Å². The molecule has 1 saturated heterocycles. The number of sulfone groups is 1. The van der Waals surface area contributed by atoms with Gasteiger partial charge in [0, 0.05) is 25.2 Å². The Morgan fingerprint density at radius 1 is 1.36 bits per heavy atom. The fourth-order valence-electron chi connectivity index (χ4n) is 3.46.